The maximum Gasteiger partial charge on any atom is 0.378 e. The number of fused-ring (bicyclic) bond motifs is 1. The zero-order valence-corrected chi connectivity index (χ0v) is 12.5. The molecule has 5 nitrogen and oxygen atoms in total. The molecule has 2 N–H and O–H groups in total. The summed E-state index contributed by atoms with van der Waals surface area (Å²) in [6.07, 6.45) is 0. The Labute approximate surface area is 127 Å². The maximum atomic E-state index is 5.99. The van der Waals surface area contributed by atoms with E-state index in [9.17, 15) is 0 Å². The topological polar surface area (TPSA) is 59.6 Å². The molecule has 0 saturated carbocycles. The third-order valence-corrected chi connectivity index (χ3v) is 3.82. The lowest BCUT2D eigenvalue weighted by Gasteiger charge is -1.95. The molecular weight excluding hydrogens is 286 g/mol. The second-order valence-corrected chi connectivity index (χ2v) is 5.20. The molecule has 3 aromatic rings. The van der Waals surface area contributed by atoms with E-state index in [2.05, 4.69) is 16.3 Å². The highest BCUT2D eigenvalue weighted by Gasteiger charge is 2.19. The van der Waals surface area contributed by atoms with Gasteiger partial charge in [0.15, 0.2) is 0 Å². The second kappa shape index (κ2) is 5.18. The monoisotopic (exact) mass is 300 g/mol. The van der Waals surface area contributed by atoms with Crippen molar-refractivity contribution in [3.8, 4) is 0 Å². The van der Waals surface area contributed by atoms with E-state index < -0.39 is 0 Å². The van der Waals surface area contributed by atoms with Crippen LogP contribution in [0.4, 0.5) is 17.2 Å². The number of hydrogen-bond donors (Lipinski definition) is 1. The van der Waals surface area contributed by atoms with Gasteiger partial charge in [-0.15, -0.1) is 0 Å². The number of anilines is 1. The molecule has 1 aromatic heterocycles. The van der Waals surface area contributed by atoms with E-state index in [1.54, 1.807) is 18.2 Å². The average Bonchev–Trinajstić information content (AvgIpc) is 2.73. The molecule has 0 atom stereocenters. The van der Waals surface area contributed by atoms with Gasteiger partial charge in [0.25, 0.3) is 0 Å². The minimum Gasteiger partial charge on any atom is -0.398 e. The lowest BCUT2D eigenvalue weighted by molar-refractivity contribution is -0.737. The molecule has 1 heterocycles. The first-order valence-electron chi connectivity index (χ1n) is 6.48. The average molecular weight is 301 g/mol. The zero-order valence-electron chi connectivity index (χ0n) is 11.8. The summed E-state index contributed by atoms with van der Waals surface area (Å²) < 4.78 is 3.98. The van der Waals surface area contributed by atoms with Gasteiger partial charge in [0, 0.05) is 7.05 Å². The van der Waals surface area contributed by atoms with E-state index in [0.717, 1.165) is 16.7 Å². The fourth-order valence-electron chi connectivity index (χ4n) is 2.22. The van der Waals surface area contributed by atoms with Crippen LogP contribution in [0.15, 0.2) is 52.7 Å². The number of nitrogens with two attached hydrogens (primary N) is 1. The van der Waals surface area contributed by atoms with Gasteiger partial charge in [0.2, 0.25) is 0 Å². The number of benzene rings is 2. The number of aryl methyl sites for hydroxylation is 1. The Morgan fingerprint density at radius 3 is 2.67 bits per heavy atom. The highest BCUT2D eigenvalue weighted by molar-refractivity contribution is 6.33. The molecule has 21 heavy (non-hydrogen) atoms. The summed E-state index contributed by atoms with van der Waals surface area (Å²) in [4.78, 5) is 0. The summed E-state index contributed by atoms with van der Waals surface area (Å²) in [5.74, 6) is 0.793. The van der Waals surface area contributed by atoms with Crippen molar-refractivity contribution in [1.29, 1.82) is 0 Å². The fraction of sp³-hybridized carbons (Fsp3) is 0.133. The minimum absolute atomic E-state index is 0.480. The first kappa shape index (κ1) is 13.6. The van der Waals surface area contributed by atoms with Crippen LogP contribution in [0, 0.1) is 0 Å². The summed E-state index contributed by atoms with van der Waals surface area (Å²) in [5.41, 5.74) is 7.99. The molecule has 0 spiro atoms. The second-order valence-electron chi connectivity index (χ2n) is 4.79. The van der Waals surface area contributed by atoms with Gasteiger partial charge in [-0.05, 0) is 35.4 Å². The largest absolute Gasteiger partial charge is 0.398 e. The van der Waals surface area contributed by atoms with E-state index in [0.29, 0.717) is 16.4 Å². The molecule has 0 aliphatic heterocycles. The third kappa shape index (κ3) is 2.36. The summed E-state index contributed by atoms with van der Waals surface area (Å²) in [7, 11) is 3.94. The van der Waals surface area contributed by atoms with Gasteiger partial charge in [-0.25, -0.2) is 4.68 Å². The number of nitrogen functional groups attached to an aromatic ring is 1. The van der Waals surface area contributed by atoms with Crippen molar-refractivity contribution < 1.29 is 4.68 Å². The van der Waals surface area contributed by atoms with Crippen LogP contribution in [-0.2, 0) is 14.1 Å². The Balaban J connectivity index is 2.07. The fourth-order valence-corrected chi connectivity index (χ4v) is 2.40. The molecule has 0 saturated heterocycles. The smallest absolute Gasteiger partial charge is 0.378 e. The Hall–Kier alpha value is -2.40. The Bertz CT molecular complexity index is 851. The molecule has 0 fully saturated rings. The van der Waals surface area contributed by atoms with Crippen molar-refractivity contribution in [2.75, 3.05) is 5.73 Å². The molecule has 0 bridgehead atoms. The SMILES string of the molecule is Cn1c2ccccc2c(N=Nc2ccc(N)c(Cl)c2)[n+]1C. The van der Waals surface area contributed by atoms with Crippen molar-refractivity contribution in [3.63, 3.8) is 0 Å². The third-order valence-electron chi connectivity index (χ3n) is 3.49. The van der Waals surface area contributed by atoms with Gasteiger partial charge in [-0.1, -0.05) is 23.7 Å². The minimum atomic E-state index is 0.480. The van der Waals surface area contributed by atoms with Gasteiger partial charge in [-0.2, -0.15) is 4.68 Å². The predicted molar refractivity (Wildman–Crippen MR) is 84.1 cm³/mol. The molecule has 106 valence electrons. The van der Waals surface area contributed by atoms with Crippen LogP contribution in [-0.4, -0.2) is 4.68 Å². The first-order chi connectivity index (χ1) is 10.1. The number of hydrogen-bond acceptors (Lipinski definition) is 3. The predicted octanol–water partition coefficient (Wildman–Crippen LogP) is 3.65. The van der Waals surface area contributed by atoms with Crippen LogP contribution in [0.25, 0.3) is 10.9 Å². The maximum absolute atomic E-state index is 5.99. The van der Waals surface area contributed by atoms with Crippen molar-refractivity contribution in [2.24, 2.45) is 24.3 Å². The summed E-state index contributed by atoms with van der Waals surface area (Å²) in [6.45, 7) is 0. The molecule has 0 aliphatic rings. The van der Waals surface area contributed by atoms with E-state index in [-0.39, 0.29) is 0 Å². The Morgan fingerprint density at radius 1 is 1.14 bits per heavy atom. The molecule has 0 aliphatic carbocycles. The molecular formula is C15H15ClN5+. The number of rotatable bonds is 2. The molecule has 0 amide bonds. The standard InChI is InChI=1S/C15H14ClN5/c1-20-14-6-4-3-5-11(14)15(21(20)2)19-18-10-7-8-13(17)12(16)9-10/h3-9,17H,1-2H3/p+1. The van der Waals surface area contributed by atoms with Crippen LogP contribution < -0.4 is 10.4 Å². The molecule has 6 heteroatoms. The number of azo groups is 1. The van der Waals surface area contributed by atoms with Gasteiger partial charge in [-0.3, -0.25) is 0 Å². The molecule has 2 aromatic carbocycles. The Kier molecular flexibility index (Phi) is 3.35. The Morgan fingerprint density at radius 2 is 1.90 bits per heavy atom. The van der Waals surface area contributed by atoms with E-state index in [1.807, 2.05) is 41.7 Å². The quantitative estimate of drug-likeness (QED) is 0.438. The highest BCUT2D eigenvalue weighted by Crippen LogP contribution is 2.27. The van der Waals surface area contributed by atoms with Gasteiger partial charge < -0.3 is 5.73 Å². The lowest BCUT2D eigenvalue weighted by Crippen LogP contribution is -2.36. The summed E-state index contributed by atoms with van der Waals surface area (Å²) >= 11 is 5.99. The van der Waals surface area contributed by atoms with Crippen molar-refractivity contribution in [2.45, 2.75) is 0 Å². The van der Waals surface area contributed by atoms with E-state index in [4.69, 9.17) is 17.3 Å². The summed E-state index contributed by atoms with van der Waals surface area (Å²) in [6, 6.07) is 13.3. The lowest BCUT2D eigenvalue weighted by atomic mass is 10.2. The van der Waals surface area contributed by atoms with Crippen LogP contribution in [0.1, 0.15) is 0 Å². The van der Waals surface area contributed by atoms with Crippen LogP contribution in [0.2, 0.25) is 5.02 Å². The van der Waals surface area contributed by atoms with Crippen molar-refractivity contribution in [1.82, 2.24) is 4.68 Å². The zero-order chi connectivity index (χ0) is 15.0. The van der Waals surface area contributed by atoms with E-state index in [1.165, 1.54) is 0 Å². The van der Waals surface area contributed by atoms with Gasteiger partial charge >= 0.3 is 5.82 Å². The molecule has 3 rings (SSSR count). The van der Waals surface area contributed by atoms with Crippen LogP contribution >= 0.6 is 11.6 Å². The highest BCUT2D eigenvalue weighted by atomic mass is 35.5. The number of nitrogens with zero attached hydrogens (tertiary/aromatic N) is 4. The number of para-hydroxylation sites is 1. The number of aromatic nitrogens is 2. The number of halogens is 1. The summed E-state index contributed by atoms with van der Waals surface area (Å²) in [5, 5.41) is 10.1. The van der Waals surface area contributed by atoms with Crippen molar-refractivity contribution >= 4 is 39.7 Å². The molecule has 0 unspecified atom stereocenters. The molecule has 0 radical (unpaired) electrons. The van der Waals surface area contributed by atoms with E-state index >= 15 is 0 Å². The van der Waals surface area contributed by atoms with Crippen molar-refractivity contribution in [3.05, 3.63) is 47.5 Å². The van der Waals surface area contributed by atoms with Crippen LogP contribution in [0.3, 0.4) is 0 Å². The first-order valence-corrected chi connectivity index (χ1v) is 6.86. The normalized spacial score (nSPS) is 11.6. The van der Waals surface area contributed by atoms with Crippen LogP contribution in [0.5, 0.6) is 0 Å². The van der Waals surface area contributed by atoms with Gasteiger partial charge in [0.05, 0.1) is 26.7 Å². The van der Waals surface area contributed by atoms with Gasteiger partial charge in [0.1, 0.15) is 12.7 Å².